The zero-order valence-electron chi connectivity index (χ0n) is 10.3. The van der Waals surface area contributed by atoms with Crippen LogP contribution in [0.1, 0.15) is 12.0 Å². The van der Waals surface area contributed by atoms with Crippen LogP contribution in [0.3, 0.4) is 0 Å². The van der Waals surface area contributed by atoms with Crippen LogP contribution in [0.15, 0.2) is 23.1 Å². The van der Waals surface area contributed by atoms with Crippen LogP contribution in [0, 0.1) is 11.3 Å². The minimum atomic E-state index is -4.34. The van der Waals surface area contributed by atoms with Crippen molar-refractivity contribution in [2.75, 3.05) is 0 Å². The highest BCUT2D eigenvalue weighted by Gasteiger charge is 2.28. The molecule has 8 nitrogen and oxygen atoms in total. The van der Waals surface area contributed by atoms with Crippen LogP contribution in [0.5, 0.6) is 0 Å². The Morgan fingerprint density at radius 3 is 2.43 bits per heavy atom. The summed E-state index contributed by atoms with van der Waals surface area (Å²) in [5, 5.41) is 25.8. The van der Waals surface area contributed by atoms with E-state index in [2.05, 4.69) is 0 Å². The minimum Gasteiger partial charge on any atom is -0.481 e. The number of carbonyl (C=O) groups is 2. The van der Waals surface area contributed by atoms with Gasteiger partial charge in [0.05, 0.1) is 23.1 Å². The molecule has 0 bridgehead atoms. The summed E-state index contributed by atoms with van der Waals surface area (Å²) in [5.74, 6) is -3.11. The Morgan fingerprint density at radius 2 is 2.00 bits per heavy atom. The molecule has 0 radical (unpaired) electrons. The van der Waals surface area contributed by atoms with Gasteiger partial charge in [0.2, 0.25) is 10.0 Å². The standard InChI is InChI=1S/C11H9ClN2O6S/c12-7-3-6(5-13)1-2-9(7)21(19,20)14-8(11(17)18)4-10(15)16/h1-3,8,14H,4H2,(H,15,16)(H,17,18). The number of sulfonamides is 1. The molecule has 0 aliphatic rings. The Labute approximate surface area is 124 Å². The molecule has 0 saturated heterocycles. The van der Waals surface area contributed by atoms with Crippen molar-refractivity contribution in [1.29, 1.82) is 5.26 Å². The van der Waals surface area contributed by atoms with Gasteiger partial charge in [0.1, 0.15) is 10.9 Å². The van der Waals surface area contributed by atoms with Crippen molar-refractivity contribution in [3.8, 4) is 6.07 Å². The average Bonchev–Trinajstić information content (AvgIpc) is 2.36. The number of rotatable bonds is 6. The second kappa shape index (κ2) is 6.53. The normalized spacial score (nSPS) is 12.4. The first kappa shape index (κ1) is 16.9. The highest BCUT2D eigenvalue weighted by Crippen LogP contribution is 2.22. The molecule has 0 spiro atoms. The number of carboxylic acid groups (broad SMARTS) is 2. The Hall–Kier alpha value is -2.15. The lowest BCUT2D eigenvalue weighted by Crippen LogP contribution is -2.42. The van der Waals surface area contributed by atoms with E-state index in [1.54, 1.807) is 10.8 Å². The average molecular weight is 333 g/mol. The number of nitrogens with zero attached hydrogens (tertiary/aromatic N) is 1. The predicted octanol–water partition coefficient (Wildman–Crippen LogP) is 0.418. The van der Waals surface area contributed by atoms with Crippen molar-refractivity contribution < 1.29 is 28.2 Å². The van der Waals surface area contributed by atoms with Gasteiger partial charge in [0.15, 0.2) is 0 Å². The van der Waals surface area contributed by atoms with Crippen molar-refractivity contribution in [3.63, 3.8) is 0 Å². The summed E-state index contributed by atoms with van der Waals surface area (Å²) < 4.78 is 25.8. The van der Waals surface area contributed by atoms with Gasteiger partial charge in [-0.15, -0.1) is 0 Å². The third-order valence-corrected chi connectivity index (χ3v) is 4.28. The number of hydrogen-bond acceptors (Lipinski definition) is 5. The molecule has 0 fully saturated rings. The number of nitriles is 1. The molecule has 112 valence electrons. The molecule has 0 aliphatic carbocycles. The Balaban J connectivity index is 3.13. The van der Waals surface area contributed by atoms with E-state index >= 15 is 0 Å². The van der Waals surface area contributed by atoms with Gasteiger partial charge in [0.25, 0.3) is 0 Å². The summed E-state index contributed by atoms with van der Waals surface area (Å²) in [6.45, 7) is 0. The second-order valence-electron chi connectivity index (χ2n) is 3.87. The molecule has 3 N–H and O–H groups in total. The number of carboxylic acids is 2. The summed E-state index contributed by atoms with van der Waals surface area (Å²) in [5.41, 5.74) is 0.124. The molecular weight excluding hydrogens is 324 g/mol. The number of benzene rings is 1. The van der Waals surface area contributed by atoms with Gasteiger partial charge < -0.3 is 10.2 Å². The molecule has 10 heteroatoms. The van der Waals surface area contributed by atoms with E-state index in [-0.39, 0.29) is 10.6 Å². The van der Waals surface area contributed by atoms with Gasteiger partial charge in [-0.2, -0.15) is 9.98 Å². The van der Waals surface area contributed by atoms with E-state index in [0.29, 0.717) is 0 Å². The first-order valence-corrected chi connectivity index (χ1v) is 7.20. The molecule has 0 amide bonds. The largest absolute Gasteiger partial charge is 0.481 e. The molecule has 1 atom stereocenters. The molecule has 21 heavy (non-hydrogen) atoms. The molecule has 1 unspecified atom stereocenters. The van der Waals surface area contributed by atoms with Crippen molar-refractivity contribution in [2.45, 2.75) is 17.4 Å². The fourth-order valence-electron chi connectivity index (χ4n) is 1.39. The van der Waals surface area contributed by atoms with Gasteiger partial charge in [-0.1, -0.05) is 11.6 Å². The molecule has 0 aromatic heterocycles. The van der Waals surface area contributed by atoms with Crippen molar-refractivity contribution in [1.82, 2.24) is 4.72 Å². The topological polar surface area (TPSA) is 145 Å². The SMILES string of the molecule is N#Cc1ccc(S(=O)(=O)NC(CC(=O)O)C(=O)O)c(Cl)c1. The second-order valence-corrected chi connectivity index (χ2v) is 5.96. The fourth-order valence-corrected chi connectivity index (χ4v) is 3.13. The number of halogens is 1. The first-order chi connectivity index (χ1) is 9.67. The lowest BCUT2D eigenvalue weighted by atomic mass is 10.2. The van der Waals surface area contributed by atoms with Crippen LogP contribution in [0.2, 0.25) is 5.02 Å². The van der Waals surface area contributed by atoms with Gasteiger partial charge in [-0.25, -0.2) is 8.42 Å². The van der Waals surface area contributed by atoms with E-state index in [4.69, 9.17) is 27.1 Å². The monoisotopic (exact) mass is 332 g/mol. The van der Waals surface area contributed by atoms with Crippen LogP contribution in [0.25, 0.3) is 0 Å². The maximum Gasteiger partial charge on any atom is 0.322 e. The summed E-state index contributed by atoms with van der Waals surface area (Å²) in [4.78, 5) is 20.9. The summed E-state index contributed by atoms with van der Waals surface area (Å²) >= 11 is 5.73. The van der Waals surface area contributed by atoms with Crippen LogP contribution in [-0.2, 0) is 19.6 Å². The lowest BCUT2D eigenvalue weighted by Gasteiger charge is -2.13. The molecular formula is C11H9ClN2O6S. The van der Waals surface area contributed by atoms with Crippen molar-refractivity contribution in [2.24, 2.45) is 0 Å². The zero-order chi connectivity index (χ0) is 16.2. The Morgan fingerprint density at radius 1 is 1.38 bits per heavy atom. The predicted molar refractivity (Wildman–Crippen MR) is 70.2 cm³/mol. The first-order valence-electron chi connectivity index (χ1n) is 5.34. The van der Waals surface area contributed by atoms with Gasteiger partial charge in [-0.3, -0.25) is 9.59 Å². The highest BCUT2D eigenvalue weighted by atomic mass is 35.5. The number of nitrogens with one attached hydrogen (secondary N) is 1. The van der Waals surface area contributed by atoms with E-state index in [1.807, 2.05) is 0 Å². The molecule has 0 aliphatic heterocycles. The molecule has 1 rings (SSSR count). The lowest BCUT2D eigenvalue weighted by molar-refractivity contribution is -0.145. The van der Waals surface area contributed by atoms with Crippen molar-refractivity contribution >= 4 is 33.6 Å². The summed E-state index contributed by atoms with van der Waals surface area (Å²) in [7, 11) is -4.34. The molecule has 0 saturated carbocycles. The van der Waals surface area contributed by atoms with Crippen LogP contribution < -0.4 is 4.72 Å². The third-order valence-electron chi connectivity index (χ3n) is 2.32. The van der Waals surface area contributed by atoms with E-state index in [9.17, 15) is 18.0 Å². The highest BCUT2D eigenvalue weighted by molar-refractivity contribution is 7.89. The van der Waals surface area contributed by atoms with Crippen LogP contribution >= 0.6 is 11.6 Å². The summed E-state index contributed by atoms with van der Waals surface area (Å²) in [6.07, 6.45) is -0.928. The van der Waals surface area contributed by atoms with Gasteiger partial charge in [-0.05, 0) is 18.2 Å². The van der Waals surface area contributed by atoms with Gasteiger partial charge >= 0.3 is 11.9 Å². The summed E-state index contributed by atoms with van der Waals surface area (Å²) in [6, 6.07) is 3.24. The molecule has 1 aromatic carbocycles. The molecule has 1 aromatic rings. The van der Waals surface area contributed by atoms with Crippen LogP contribution in [-0.4, -0.2) is 36.6 Å². The zero-order valence-corrected chi connectivity index (χ0v) is 11.8. The Kier molecular flexibility index (Phi) is 5.26. The Bertz CT molecular complexity index is 725. The third kappa shape index (κ3) is 4.42. The van der Waals surface area contributed by atoms with Gasteiger partial charge in [0, 0.05) is 0 Å². The van der Waals surface area contributed by atoms with E-state index < -0.39 is 39.3 Å². The number of aliphatic carboxylic acids is 2. The quantitative estimate of drug-likeness (QED) is 0.684. The minimum absolute atomic E-state index is 0.124. The number of hydrogen-bond donors (Lipinski definition) is 3. The van der Waals surface area contributed by atoms with E-state index in [0.717, 1.165) is 12.1 Å². The van der Waals surface area contributed by atoms with Crippen LogP contribution in [0.4, 0.5) is 0 Å². The maximum absolute atomic E-state index is 12.0. The smallest absolute Gasteiger partial charge is 0.322 e. The van der Waals surface area contributed by atoms with E-state index in [1.165, 1.54) is 6.07 Å². The van der Waals surface area contributed by atoms with Crippen molar-refractivity contribution in [3.05, 3.63) is 28.8 Å². The fraction of sp³-hybridized carbons (Fsp3) is 0.182. The maximum atomic E-state index is 12.0. The molecule has 0 heterocycles.